The molecule has 1 saturated heterocycles. The maximum absolute atomic E-state index is 11.1. The normalized spacial score (nSPS) is 18.3. The van der Waals surface area contributed by atoms with Crippen LogP contribution in [0.5, 0.6) is 0 Å². The zero-order valence-electron chi connectivity index (χ0n) is 10.8. The van der Waals surface area contributed by atoms with Crippen molar-refractivity contribution in [2.75, 3.05) is 18.4 Å². The molecule has 5 heteroatoms. The Labute approximate surface area is 107 Å². The van der Waals surface area contributed by atoms with E-state index in [1.54, 1.807) is 12.1 Å². The zero-order chi connectivity index (χ0) is 13.2. The first-order valence-electron chi connectivity index (χ1n) is 6.25. The lowest BCUT2D eigenvalue weighted by Gasteiger charge is -2.36. The molecule has 1 aromatic carbocycles. The first-order chi connectivity index (χ1) is 8.52. The zero-order valence-corrected chi connectivity index (χ0v) is 10.8. The molecule has 0 bridgehead atoms. The lowest BCUT2D eigenvalue weighted by molar-refractivity contribution is -0.384. The topological polar surface area (TPSA) is 67.2 Å². The fraction of sp³-hybridized carbons (Fsp3) is 0.538. The van der Waals surface area contributed by atoms with E-state index in [0.29, 0.717) is 5.69 Å². The van der Waals surface area contributed by atoms with Crippen molar-refractivity contribution in [2.45, 2.75) is 32.2 Å². The number of benzene rings is 1. The van der Waals surface area contributed by atoms with Crippen LogP contribution < -0.4 is 10.6 Å². The molecule has 0 amide bonds. The number of piperidine rings is 1. The second-order valence-corrected chi connectivity index (χ2v) is 5.16. The van der Waals surface area contributed by atoms with Crippen LogP contribution in [-0.4, -0.2) is 23.6 Å². The van der Waals surface area contributed by atoms with Crippen molar-refractivity contribution < 1.29 is 4.92 Å². The summed E-state index contributed by atoms with van der Waals surface area (Å²) < 4.78 is 0. The van der Waals surface area contributed by atoms with Gasteiger partial charge in [0, 0.05) is 11.6 Å². The fourth-order valence-electron chi connectivity index (χ4n) is 2.37. The Morgan fingerprint density at radius 2 is 2.06 bits per heavy atom. The number of hydrogen-bond acceptors (Lipinski definition) is 4. The summed E-state index contributed by atoms with van der Waals surface area (Å²) in [6.07, 6.45) is 1.94. The molecule has 1 aliphatic rings. The first kappa shape index (κ1) is 12.8. The minimum Gasteiger partial charge on any atom is -0.374 e. The summed E-state index contributed by atoms with van der Waals surface area (Å²) in [5.74, 6) is 0. The quantitative estimate of drug-likeness (QED) is 0.638. The third-order valence-corrected chi connectivity index (χ3v) is 3.58. The average Bonchev–Trinajstić information content (AvgIpc) is 2.32. The summed E-state index contributed by atoms with van der Waals surface area (Å²) >= 11 is 0. The number of para-hydroxylation sites is 1. The summed E-state index contributed by atoms with van der Waals surface area (Å²) in [6.45, 7) is 5.93. The number of nitro groups is 1. The average molecular weight is 249 g/mol. The van der Waals surface area contributed by atoms with Crippen LogP contribution in [-0.2, 0) is 0 Å². The van der Waals surface area contributed by atoms with E-state index >= 15 is 0 Å². The van der Waals surface area contributed by atoms with E-state index in [1.807, 2.05) is 13.0 Å². The van der Waals surface area contributed by atoms with Crippen molar-refractivity contribution >= 4 is 11.4 Å². The molecule has 0 aliphatic carbocycles. The van der Waals surface area contributed by atoms with E-state index in [0.717, 1.165) is 31.5 Å². The predicted molar refractivity (Wildman–Crippen MR) is 72.0 cm³/mol. The lowest BCUT2D eigenvalue weighted by atomic mass is 9.90. The molecule has 18 heavy (non-hydrogen) atoms. The van der Waals surface area contributed by atoms with E-state index in [1.165, 1.54) is 0 Å². The highest BCUT2D eigenvalue weighted by atomic mass is 16.6. The number of aryl methyl sites for hydroxylation is 1. The van der Waals surface area contributed by atoms with E-state index in [9.17, 15) is 10.1 Å². The molecule has 0 unspecified atom stereocenters. The van der Waals surface area contributed by atoms with Crippen LogP contribution >= 0.6 is 0 Å². The summed E-state index contributed by atoms with van der Waals surface area (Å²) in [4.78, 5) is 10.8. The highest BCUT2D eigenvalue weighted by Crippen LogP contribution is 2.32. The highest BCUT2D eigenvalue weighted by molar-refractivity contribution is 5.67. The molecular formula is C13H19N3O2. The second kappa shape index (κ2) is 4.94. The van der Waals surface area contributed by atoms with Gasteiger partial charge in [0.15, 0.2) is 0 Å². The Bertz CT molecular complexity index is 454. The lowest BCUT2D eigenvalue weighted by Crippen LogP contribution is -2.45. The maximum atomic E-state index is 11.1. The molecule has 5 nitrogen and oxygen atoms in total. The van der Waals surface area contributed by atoms with Crippen molar-refractivity contribution in [3.8, 4) is 0 Å². The van der Waals surface area contributed by atoms with Crippen LogP contribution in [0.3, 0.4) is 0 Å². The molecule has 0 saturated carbocycles. The number of nitrogens with zero attached hydrogens (tertiary/aromatic N) is 1. The van der Waals surface area contributed by atoms with Crippen LogP contribution in [0.4, 0.5) is 11.4 Å². The number of rotatable bonds is 3. The van der Waals surface area contributed by atoms with Gasteiger partial charge < -0.3 is 10.6 Å². The van der Waals surface area contributed by atoms with Gasteiger partial charge in [-0.1, -0.05) is 12.1 Å². The van der Waals surface area contributed by atoms with Gasteiger partial charge in [-0.15, -0.1) is 0 Å². The summed E-state index contributed by atoms with van der Waals surface area (Å²) in [5.41, 5.74) is 1.67. The standard InChI is InChI=1S/C13H19N3O2/c1-10-4-3-5-11(16(17)18)12(10)15-13(2)6-8-14-9-7-13/h3-5,14-15H,6-9H2,1-2H3. The molecule has 1 fully saturated rings. The molecule has 1 aliphatic heterocycles. The van der Waals surface area contributed by atoms with E-state index in [4.69, 9.17) is 0 Å². The molecule has 98 valence electrons. The minimum atomic E-state index is -0.320. The molecule has 0 aromatic heterocycles. The van der Waals surface area contributed by atoms with Crippen LogP contribution in [0, 0.1) is 17.0 Å². The molecule has 2 N–H and O–H groups in total. The highest BCUT2D eigenvalue weighted by Gasteiger charge is 2.29. The van der Waals surface area contributed by atoms with Gasteiger partial charge in [0.1, 0.15) is 5.69 Å². The Morgan fingerprint density at radius 1 is 1.39 bits per heavy atom. The second-order valence-electron chi connectivity index (χ2n) is 5.16. The van der Waals surface area contributed by atoms with Crippen molar-refractivity contribution in [3.05, 3.63) is 33.9 Å². The smallest absolute Gasteiger partial charge is 0.292 e. The van der Waals surface area contributed by atoms with Crippen LogP contribution in [0.1, 0.15) is 25.3 Å². The van der Waals surface area contributed by atoms with Gasteiger partial charge >= 0.3 is 0 Å². The van der Waals surface area contributed by atoms with E-state index in [-0.39, 0.29) is 16.1 Å². The summed E-state index contributed by atoms with van der Waals surface area (Å²) in [6, 6.07) is 5.18. The Hall–Kier alpha value is -1.62. The fourth-order valence-corrected chi connectivity index (χ4v) is 2.37. The SMILES string of the molecule is Cc1cccc([N+](=O)[O-])c1NC1(C)CCNCC1. The largest absolute Gasteiger partial charge is 0.374 e. The van der Waals surface area contributed by atoms with Gasteiger partial charge in [-0.25, -0.2) is 0 Å². The number of nitro benzene ring substituents is 1. The van der Waals surface area contributed by atoms with Gasteiger partial charge in [0.2, 0.25) is 0 Å². The molecular weight excluding hydrogens is 230 g/mol. The third-order valence-electron chi connectivity index (χ3n) is 3.58. The van der Waals surface area contributed by atoms with Crippen molar-refractivity contribution in [1.29, 1.82) is 0 Å². The molecule has 1 heterocycles. The maximum Gasteiger partial charge on any atom is 0.292 e. The molecule has 0 atom stereocenters. The van der Waals surface area contributed by atoms with Crippen molar-refractivity contribution in [1.82, 2.24) is 5.32 Å². The summed E-state index contributed by atoms with van der Waals surface area (Å²) in [7, 11) is 0. The van der Waals surface area contributed by atoms with E-state index in [2.05, 4.69) is 17.6 Å². The number of nitrogens with one attached hydrogen (secondary N) is 2. The van der Waals surface area contributed by atoms with Crippen LogP contribution in [0.15, 0.2) is 18.2 Å². The number of hydrogen-bond donors (Lipinski definition) is 2. The van der Waals surface area contributed by atoms with Crippen molar-refractivity contribution in [3.63, 3.8) is 0 Å². The van der Waals surface area contributed by atoms with E-state index < -0.39 is 0 Å². The third kappa shape index (κ3) is 2.61. The molecule has 1 aromatic rings. The van der Waals surface area contributed by atoms with Crippen LogP contribution in [0.2, 0.25) is 0 Å². The van der Waals surface area contributed by atoms with Gasteiger partial charge in [-0.2, -0.15) is 0 Å². The van der Waals surface area contributed by atoms with Gasteiger partial charge in [0.05, 0.1) is 4.92 Å². The molecule has 2 rings (SSSR count). The first-order valence-corrected chi connectivity index (χ1v) is 6.25. The van der Waals surface area contributed by atoms with Crippen molar-refractivity contribution in [2.24, 2.45) is 0 Å². The Kier molecular flexibility index (Phi) is 3.52. The number of anilines is 1. The Morgan fingerprint density at radius 3 is 2.67 bits per heavy atom. The minimum absolute atomic E-state index is 0.0673. The molecule has 0 spiro atoms. The monoisotopic (exact) mass is 249 g/mol. The van der Waals surface area contributed by atoms with Gasteiger partial charge in [-0.3, -0.25) is 10.1 Å². The van der Waals surface area contributed by atoms with Gasteiger partial charge in [-0.05, 0) is 45.3 Å². The van der Waals surface area contributed by atoms with Gasteiger partial charge in [0.25, 0.3) is 5.69 Å². The predicted octanol–water partition coefficient (Wildman–Crippen LogP) is 2.46. The Balaban J connectivity index is 2.30. The summed E-state index contributed by atoms with van der Waals surface area (Å²) in [5, 5.41) is 17.8. The molecule has 0 radical (unpaired) electrons. The van der Waals surface area contributed by atoms with Crippen LogP contribution in [0.25, 0.3) is 0 Å².